The van der Waals surface area contributed by atoms with Crippen molar-refractivity contribution in [1.29, 1.82) is 0 Å². The SMILES string of the molecule is Cc1ccc(-n2nc(C(C)(C)C)cc2NC(=O)Nc2cccc(CC3CCN(S(=O)(=O)c4cc(C)c(Cl)cc4C)CC3)c2)cc1. The predicted molar refractivity (Wildman–Crippen MR) is 182 cm³/mol. The van der Waals surface area contributed by atoms with Gasteiger partial charge in [-0.2, -0.15) is 9.40 Å². The van der Waals surface area contributed by atoms with Gasteiger partial charge in [-0.15, -0.1) is 0 Å². The van der Waals surface area contributed by atoms with Gasteiger partial charge in [0, 0.05) is 35.3 Å². The van der Waals surface area contributed by atoms with Gasteiger partial charge in [-0.05, 0) is 99.0 Å². The Kier molecular flexibility index (Phi) is 9.44. The molecule has 1 saturated heterocycles. The summed E-state index contributed by atoms with van der Waals surface area (Å²) in [6, 6.07) is 20.8. The first-order valence-electron chi connectivity index (χ1n) is 15.3. The molecule has 45 heavy (non-hydrogen) atoms. The highest BCUT2D eigenvalue weighted by atomic mass is 35.5. The first kappa shape index (κ1) is 32.7. The number of nitrogens with zero attached hydrogens (tertiary/aromatic N) is 3. The zero-order valence-electron chi connectivity index (χ0n) is 26.8. The van der Waals surface area contributed by atoms with Crippen molar-refractivity contribution in [2.75, 3.05) is 23.7 Å². The quantitative estimate of drug-likeness (QED) is 0.212. The first-order valence-corrected chi connectivity index (χ1v) is 17.1. The number of anilines is 2. The maximum absolute atomic E-state index is 13.4. The molecule has 3 aromatic carbocycles. The van der Waals surface area contributed by atoms with E-state index in [9.17, 15) is 13.2 Å². The van der Waals surface area contributed by atoms with Crippen LogP contribution in [0.3, 0.4) is 0 Å². The summed E-state index contributed by atoms with van der Waals surface area (Å²) in [5, 5.41) is 11.3. The van der Waals surface area contributed by atoms with Gasteiger partial charge in [0.05, 0.1) is 16.3 Å². The second-order valence-corrected chi connectivity index (χ2v) is 15.4. The molecule has 2 heterocycles. The molecule has 1 fully saturated rings. The van der Waals surface area contributed by atoms with Crippen LogP contribution in [-0.4, -0.2) is 41.6 Å². The van der Waals surface area contributed by atoms with Crippen LogP contribution in [0.5, 0.6) is 0 Å². The number of urea groups is 1. The Hall–Kier alpha value is -3.66. The number of carbonyl (C=O) groups is 1. The molecule has 1 aliphatic heterocycles. The summed E-state index contributed by atoms with van der Waals surface area (Å²) in [7, 11) is -3.59. The second kappa shape index (κ2) is 13.0. The van der Waals surface area contributed by atoms with Crippen molar-refractivity contribution in [1.82, 2.24) is 14.1 Å². The molecule has 1 aromatic heterocycles. The van der Waals surface area contributed by atoms with E-state index < -0.39 is 10.0 Å². The molecule has 0 aliphatic carbocycles. The Labute approximate surface area is 271 Å². The average molecular weight is 648 g/mol. The molecule has 2 N–H and O–H groups in total. The van der Waals surface area contributed by atoms with Crippen LogP contribution in [0.4, 0.5) is 16.3 Å². The standard InChI is InChI=1S/C35H42ClN5O3S/c1-23-10-12-29(13-11-23)41-33(22-32(39-41)35(4,5)6)38-34(42)37-28-9-7-8-27(21-28)20-26-14-16-40(17-15-26)45(43,44)31-19-24(2)30(36)18-25(31)3/h7-13,18-19,21-22,26H,14-17,20H2,1-6H3,(H2,37,38,42). The molecule has 0 bridgehead atoms. The van der Waals surface area contributed by atoms with Gasteiger partial charge < -0.3 is 5.32 Å². The van der Waals surface area contributed by atoms with E-state index in [1.807, 2.05) is 68.4 Å². The summed E-state index contributed by atoms with van der Waals surface area (Å²) in [5.74, 6) is 0.927. The highest BCUT2D eigenvalue weighted by molar-refractivity contribution is 7.89. The third kappa shape index (κ3) is 7.60. The number of aryl methyl sites for hydroxylation is 3. The Morgan fingerprint density at radius 2 is 1.62 bits per heavy atom. The third-order valence-electron chi connectivity index (χ3n) is 8.35. The smallest absolute Gasteiger partial charge is 0.308 e. The number of hydrogen-bond donors (Lipinski definition) is 2. The number of nitrogens with one attached hydrogen (secondary N) is 2. The van der Waals surface area contributed by atoms with Gasteiger partial charge in [0.2, 0.25) is 10.0 Å². The number of benzene rings is 3. The Morgan fingerprint density at radius 1 is 0.933 bits per heavy atom. The number of aromatic nitrogens is 2. The minimum absolute atomic E-state index is 0.189. The Balaban J connectivity index is 1.22. The van der Waals surface area contributed by atoms with Crippen LogP contribution in [0.15, 0.2) is 71.6 Å². The number of sulfonamides is 1. The molecule has 0 unspecified atom stereocenters. The molecular weight excluding hydrogens is 606 g/mol. The van der Waals surface area contributed by atoms with E-state index in [4.69, 9.17) is 16.7 Å². The minimum Gasteiger partial charge on any atom is -0.308 e. The van der Waals surface area contributed by atoms with Crippen LogP contribution >= 0.6 is 11.6 Å². The van der Waals surface area contributed by atoms with Crippen LogP contribution in [0.1, 0.15) is 61.6 Å². The molecule has 0 atom stereocenters. The maximum atomic E-state index is 13.4. The molecule has 0 spiro atoms. The molecule has 2 amide bonds. The van der Waals surface area contributed by atoms with Crippen LogP contribution in [0.25, 0.3) is 5.69 Å². The maximum Gasteiger partial charge on any atom is 0.324 e. The number of hydrogen-bond acceptors (Lipinski definition) is 4. The van der Waals surface area contributed by atoms with E-state index in [0.29, 0.717) is 46.0 Å². The molecule has 10 heteroatoms. The zero-order chi connectivity index (χ0) is 32.5. The fourth-order valence-electron chi connectivity index (χ4n) is 5.63. The van der Waals surface area contributed by atoms with Crippen molar-refractivity contribution < 1.29 is 13.2 Å². The molecular formula is C35H42ClN5O3S. The van der Waals surface area contributed by atoms with Gasteiger partial charge >= 0.3 is 6.03 Å². The van der Waals surface area contributed by atoms with Crippen molar-refractivity contribution >= 4 is 39.2 Å². The van der Waals surface area contributed by atoms with Crippen molar-refractivity contribution in [3.8, 4) is 5.69 Å². The van der Waals surface area contributed by atoms with E-state index in [0.717, 1.165) is 47.3 Å². The fourth-order valence-corrected chi connectivity index (χ4v) is 7.61. The number of amides is 2. The van der Waals surface area contributed by atoms with Gasteiger partial charge in [0.25, 0.3) is 0 Å². The molecule has 5 rings (SSSR count). The normalized spacial score (nSPS) is 14.8. The van der Waals surface area contributed by atoms with E-state index in [1.54, 1.807) is 28.0 Å². The molecule has 0 saturated carbocycles. The van der Waals surface area contributed by atoms with Crippen LogP contribution in [0.2, 0.25) is 5.02 Å². The predicted octanol–water partition coefficient (Wildman–Crippen LogP) is 8.04. The fraction of sp³-hybridized carbons (Fsp3) is 0.371. The molecule has 0 radical (unpaired) electrons. The van der Waals surface area contributed by atoms with Gasteiger partial charge in [0.15, 0.2) is 0 Å². The zero-order valence-corrected chi connectivity index (χ0v) is 28.4. The summed E-state index contributed by atoms with van der Waals surface area (Å²) in [6.07, 6.45) is 2.34. The van der Waals surface area contributed by atoms with Gasteiger partial charge in [-0.3, -0.25) is 5.32 Å². The topological polar surface area (TPSA) is 96.3 Å². The van der Waals surface area contributed by atoms with Crippen molar-refractivity contribution in [2.24, 2.45) is 5.92 Å². The lowest BCUT2D eigenvalue weighted by atomic mass is 9.91. The molecule has 1 aliphatic rings. The monoisotopic (exact) mass is 647 g/mol. The number of carbonyl (C=O) groups excluding carboxylic acids is 1. The van der Waals surface area contributed by atoms with Crippen LogP contribution in [-0.2, 0) is 21.9 Å². The summed E-state index contributed by atoms with van der Waals surface area (Å²) >= 11 is 6.20. The van der Waals surface area contributed by atoms with Gasteiger partial charge in [-0.25, -0.2) is 17.9 Å². The summed E-state index contributed by atoms with van der Waals surface area (Å²) < 4.78 is 30.2. The van der Waals surface area contributed by atoms with Crippen LogP contribution < -0.4 is 10.6 Å². The third-order valence-corrected chi connectivity index (χ3v) is 10.8. The average Bonchev–Trinajstić information content (AvgIpc) is 3.40. The summed E-state index contributed by atoms with van der Waals surface area (Å²) in [5.41, 5.74) is 5.90. The van der Waals surface area contributed by atoms with Gasteiger partial charge in [0.1, 0.15) is 5.82 Å². The number of rotatable bonds is 7. The molecule has 4 aromatic rings. The van der Waals surface area contributed by atoms with E-state index in [2.05, 4.69) is 31.4 Å². The van der Waals surface area contributed by atoms with Crippen LogP contribution in [0, 0.1) is 26.7 Å². The van der Waals surface area contributed by atoms with E-state index >= 15 is 0 Å². The van der Waals surface area contributed by atoms with Crippen molar-refractivity contribution in [3.05, 3.63) is 99.7 Å². The lowest BCUT2D eigenvalue weighted by Gasteiger charge is -2.31. The summed E-state index contributed by atoms with van der Waals surface area (Å²) in [6.45, 7) is 12.9. The van der Waals surface area contributed by atoms with Crippen molar-refractivity contribution in [2.45, 2.75) is 71.1 Å². The minimum atomic E-state index is -3.59. The first-order chi connectivity index (χ1) is 21.2. The Morgan fingerprint density at radius 3 is 2.29 bits per heavy atom. The highest BCUT2D eigenvalue weighted by Crippen LogP contribution is 2.31. The lowest BCUT2D eigenvalue weighted by Crippen LogP contribution is -2.39. The van der Waals surface area contributed by atoms with Gasteiger partial charge in [-0.1, -0.05) is 62.2 Å². The largest absolute Gasteiger partial charge is 0.324 e. The molecule has 238 valence electrons. The summed E-state index contributed by atoms with van der Waals surface area (Å²) in [4.78, 5) is 13.5. The second-order valence-electron chi connectivity index (χ2n) is 13.1. The molecule has 8 nitrogen and oxygen atoms in total. The van der Waals surface area contributed by atoms with E-state index in [1.165, 1.54) is 0 Å². The van der Waals surface area contributed by atoms with E-state index in [-0.39, 0.29) is 11.4 Å². The highest BCUT2D eigenvalue weighted by Gasteiger charge is 2.31. The lowest BCUT2D eigenvalue weighted by molar-refractivity contribution is 0.262. The number of halogens is 1. The van der Waals surface area contributed by atoms with Crippen molar-refractivity contribution in [3.63, 3.8) is 0 Å². The Bertz CT molecular complexity index is 1800. The number of piperidine rings is 1.